The Morgan fingerprint density at radius 2 is 2.08 bits per heavy atom. The van der Waals surface area contributed by atoms with Crippen LogP contribution in [0.1, 0.15) is 39.5 Å². The summed E-state index contributed by atoms with van der Waals surface area (Å²) in [5.74, 6) is 15.2. The summed E-state index contributed by atoms with van der Waals surface area (Å²) in [6, 6.07) is 0. The van der Waals surface area contributed by atoms with Crippen LogP contribution in [0.2, 0.25) is 0 Å². The third-order valence-electron chi connectivity index (χ3n) is 1.65. The monoisotopic (exact) mass is 172 g/mol. The Bertz CT molecular complexity index is 269. The zero-order valence-electron chi connectivity index (χ0n) is 8.48. The molecule has 0 radical (unpaired) electrons. The highest BCUT2D eigenvalue weighted by molar-refractivity contribution is 5.09. The van der Waals surface area contributed by atoms with Crippen molar-refractivity contribution >= 4 is 0 Å². The standard InChI is InChI=1S/C13H16/c1-4-7-10-13(11-8-5-2)12-9-6-3/h1,13H,5,7,10,12H2,2-3H3. The molecule has 1 atom stereocenters. The van der Waals surface area contributed by atoms with E-state index in [1.807, 2.05) is 6.92 Å². The van der Waals surface area contributed by atoms with E-state index in [2.05, 4.69) is 36.5 Å². The van der Waals surface area contributed by atoms with Gasteiger partial charge in [-0.25, -0.2) is 0 Å². The zero-order valence-corrected chi connectivity index (χ0v) is 8.48. The van der Waals surface area contributed by atoms with Gasteiger partial charge in [-0.1, -0.05) is 12.8 Å². The summed E-state index contributed by atoms with van der Waals surface area (Å²) in [7, 11) is 0. The van der Waals surface area contributed by atoms with Crippen molar-refractivity contribution < 1.29 is 0 Å². The SMILES string of the molecule is C#CCCC(C#CCC)CC#CC. The number of hydrogen-bond donors (Lipinski definition) is 0. The molecule has 0 fully saturated rings. The molecule has 0 heterocycles. The summed E-state index contributed by atoms with van der Waals surface area (Å²) < 4.78 is 0. The summed E-state index contributed by atoms with van der Waals surface area (Å²) in [6.45, 7) is 3.90. The Kier molecular flexibility index (Phi) is 7.88. The first kappa shape index (κ1) is 11.7. The van der Waals surface area contributed by atoms with E-state index < -0.39 is 0 Å². The van der Waals surface area contributed by atoms with Gasteiger partial charge in [0.15, 0.2) is 0 Å². The van der Waals surface area contributed by atoms with Gasteiger partial charge in [0.25, 0.3) is 0 Å². The maximum atomic E-state index is 5.20. The predicted molar refractivity (Wildman–Crippen MR) is 57.7 cm³/mol. The summed E-state index contributed by atoms with van der Waals surface area (Å²) in [6.07, 6.45) is 8.73. The number of hydrogen-bond acceptors (Lipinski definition) is 0. The molecule has 0 aliphatic carbocycles. The Labute approximate surface area is 82.1 Å². The van der Waals surface area contributed by atoms with Gasteiger partial charge in [0.05, 0.1) is 0 Å². The van der Waals surface area contributed by atoms with Crippen molar-refractivity contribution in [2.45, 2.75) is 39.5 Å². The average molecular weight is 172 g/mol. The summed E-state index contributed by atoms with van der Waals surface area (Å²) in [4.78, 5) is 0. The molecule has 0 amide bonds. The molecule has 1 unspecified atom stereocenters. The van der Waals surface area contributed by atoms with E-state index in [9.17, 15) is 0 Å². The van der Waals surface area contributed by atoms with Crippen LogP contribution in [0.3, 0.4) is 0 Å². The Hall–Kier alpha value is -1.32. The molecule has 13 heavy (non-hydrogen) atoms. The lowest BCUT2D eigenvalue weighted by Crippen LogP contribution is -1.95. The largest absolute Gasteiger partial charge is 0.120 e. The van der Waals surface area contributed by atoms with E-state index in [0.29, 0.717) is 5.92 Å². The molecule has 0 saturated heterocycles. The van der Waals surface area contributed by atoms with Gasteiger partial charge in [0.2, 0.25) is 0 Å². The molecule has 0 aliphatic heterocycles. The lowest BCUT2D eigenvalue weighted by molar-refractivity contribution is 0.641. The van der Waals surface area contributed by atoms with Crippen molar-refractivity contribution in [3.05, 3.63) is 0 Å². The van der Waals surface area contributed by atoms with Gasteiger partial charge in [-0.3, -0.25) is 0 Å². The van der Waals surface area contributed by atoms with Crippen LogP contribution < -0.4 is 0 Å². The minimum absolute atomic E-state index is 0.364. The van der Waals surface area contributed by atoms with Gasteiger partial charge in [-0.2, -0.15) is 0 Å². The van der Waals surface area contributed by atoms with E-state index in [4.69, 9.17) is 6.42 Å². The first-order chi connectivity index (χ1) is 6.35. The third-order valence-corrected chi connectivity index (χ3v) is 1.65. The van der Waals surface area contributed by atoms with E-state index in [1.54, 1.807) is 0 Å². The van der Waals surface area contributed by atoms with E-state index in [0.717, 1.165) is 25.7 Å². The third kappa shape index (κ3) is 7.05. The summed E-state index contributed by atoms with van der Waals surface area (Å²) >= 11 is 0. The molecule has 0 saturated carbocycles. The van der Waals surface area contributed by atoms with Crippen molar-refractivity contribution in [3.8, 4) is 36.0 Å². The molecule has 0 aromatic carbocycles. The van der Waals surface area contributed by atoms with E-state index in [-0.39, 0.29) is 0 Å². The molecule has 0 aromatic heterocycles. The quantitative estimate of drug-likeness (QED) is 0.574. The van der Waals surface area contributed by atoms with Gasteiger partial charge < -0.3 is 0 Å². The predicted octanol–water partition coefficient (Wildman–Crippen LogP) is 2.84. The normalized spacial score (nSPS) is 9.92. The summed E-state index contributed by atoms with van der Waals surface area (Å²) in [5, 5.41) is 0. The molecule has 0 nitrogen and oxygen atoms in total. The van der Waals surface area contributed by atoms with Crippen LogP contribution in [-0.4, -0.2) is 0 Å². The molecule has 0 aromatic rings. The highest BCUT2D eigenvalue weighted by Gasteiger charge is 2.00. The van der Waals surface area contributed by atoms with Crippen LogP contribution >= 0.6 is 0 Å². The van der Waals surface area contributed by atoms with Gasteiger partial charge in [-0.05, 0) is 13.3 Å². The average Bonchev–Trinajstić information content (AvgIpc) is 2.17. The van der Waals surface area contributed by atoms with Gasteiger partial charge in [0, 0.05) is 25.2 Å². The molecule has 0 heteroatoms. The first-order valence-corrected chi connectivity index (χ1v) is 4.66. The van der Waals surface area contributed by atoms with E-state index >= 15 is 0 Å². The Morgan fingerprint density at radius 1 is 1.31 bits per heavy atom. The van der Waals surface area contributed by atoms with Crippen molar-refractivity contribution in [2.75, 3.05) is 0 Å². The second-order valence-corrected chi connectivity index (χ2v) is 2.75. The first-order valence-electron chi connectivity index (χ1n) is 4.66. The molecular formula is C13H16. The minimum Gasteiger partial charge on any atom is -0.120 e. The van der Waals surface area contributed by atoms with Crippen LogP contribution in [0, 0.1) is 41.9 Å². The molecule has 0 bridgehead atoms. The fourth-order valence-electron chi connectivity index (χ4n) is 0.954. The maximum absolute atomic E-state index is 5.20. The van der Waals surface area contributed by atoms with E-state index in [1.165, 1.54) is 0 Å². The number of rotatable bonds is 3. The smallest absolute Gasteiger partial charge is 0.0321 e. The zero-order chi connectivity index (χ0) is 9.94. The van der Waals surface area contributed by atoms with Crippen molar-refractivity contribution in [2.24, 2.45) is 5.92 Å². The van der Waals surface area contributed by atoms with Gasteiger partial charge in [-0.15, -0.1) is 30.1 Å². The highest BCUT2D eigenvalue weighted by Crippen LogP contribution is 2.08. The molecule has 0 rings (SSSR count). The molecule has 0 aliphatic rings. The maximum Gasteiger partial charge on any atom is 0.0321 e. The Balaban J connectivity index is 4.01. The molecular weight excluding hydrogens is 156 g/mol. The minimum atomic E-state index is 0.364. The van der Waals surface area contributed by atoms with Crippen molar-refractivity contribution in [1.82, 2.24) is 0 Å². The topological polar surface area (TPSA) is 0 Å². The van der Waals surface area contributed by atoms with Crippen LogP contribution in [0.4, 0.5) is 0 Å². The van der Waals surface area contributed by atoms with Crippen LogP contribution in [-0.2, 0) is 0 Å². The van der Waals surface area contributed by atoms with Crippen LogP contribution in [0.5, 0.6) is 0 Å². The van der Waals surface area contributed by atoms with Crippen molar-refractivity contribution in [3.63, 3.8) is 0 Å². The lowest BCUT2D eigenvalue weighted by Gasteiger charge is -2.02. The van der Waals surface area contributed by atoms with Gasteiger partial charge in [0.1, 0.15) is 0 Å². The lowest BCUT2D eigenvalue weighted by atomic mass is 10.0. The van der Waals surface area contributed by atoms with Crippen LogP contribution in [0.25, 0.3) is 0 Å². The fraction of sp³-hybridized carbons (Fsp3) is 0.538. The summed E-state index contributed by atoms with van der Waals surface area (Å²) in [5.41, 5.74) is 0. The molecule has 0 N–H and O–H groups in total. The number of terminal acetylenes is 1. The second kappa shape index (κ2) is 8.77. The van der Waals surface area contributed by atoms with Gasteiger partial charge >= 0.3 is 0 Å². The fourth-order valence-corrected chi connectivity index (χ4v) is 0.954. The van der Waals surface area contributed by atoms with Crippen LogP contribution in [0.15, 0.2) is 0 Å². The Morgan fingerprint density at radius 3 is 2.62 bits per heavy atom. The van der Waals surface area contributed by atoms with Crippen molar-refractivity contribution in [1.29, 1.82) is 0 Å². The second-order valence-electron chi connectivity index (χ2n) is 2.75. The molecule has 0 spiro atoms. The molecule has 68 valence electrons. The highest BCUT2D eigenvalue weighted by atomic mass is 14.0.